The summed E-state index contributed by atoms with van der Waals surface area (Å²) in [5.74, 6) is 0.388. The highest BCUT2D eigenvalue weighted by molar-refractivity contribution is 5.45. The summed E-state index contributed by atoms with van der Waals surface area (Å²) in [5.41, 5.74) is 2.47. The van der Waals surface area contributed by atoms with Gasteiger partial charge >= 0.3 is 0 Å². The summed E-state index contributed by atoms with van der Waals surface area (Å²) < 4.78 is 0. The number of hydrogen-bond donors (Lipinski definition) is 3. The predicted molar refractivity (Wildman–Crippen MR) is 89.1 cm³/mol. The fourth-order valence-electron chi connectivity index (χ4n) is 2.57. The molecule has 4 nitrogen and oxygen atoms in total. The van der Waals surface area contributed by atoms with Crippen LogP contribution in [0.5, 0.6) is 11.5 Å². The van der Waals surface area contributed by atoms with E-state index in [0.29, 0.717) is 6.54 Å². The lowest BCUT2D eigenvalue weighted by molar-refractivity contribution is 0.441. The van der Waals surface area contributed by atoms with Gasteiger partial charge in [-0.1, -0.05) is 42.5 Å². The van der Waals surface area contributed by atoms with Crippen molar-refractivity contribution in [2.75, 3.05) is 0 Å². The number of pyridine rings is 1. The van der Waals surface area contributed by atoms with E-state index in [1.165, 1.54) is 0 Å². The summed E-state index contributed by atoms with van der Waals surface area (Å²) in [5, 5.41) is 23.8. The predicted octanol–water partition coefficient (Wildman–Crippen LogP) is 3.37. The third-order valence-electron chi connectivity index (χ3n) is 3.73. The Morgan fingerprint density at radius 2 is 1.43 bits per heavy atom. The van der Waals surface area contributed by atoms with Gasteiger partial charge in [-0.3, -0.25) is 4.98 Å². The zero-order valence-corrected chi connectivity index (χ0v) is 12.6. The lowest BCUT2D eigenvalue weighted by Crippen LogP contribution is -2.22. The quantitative estimate of drug-likeness (QED) is 0.676. The smallest absolute Gasteiger partial charge is 0.120 e. The topological polar surface area (TPSA) is 65.4 Å². The number of para-hydroxylation sites is 2. The van der Waals surface area contributed by atoms with E-state index >= 15 is 0 Å². The maximum absolute atomic E-state index is 10.2. The molecule has 3 rings (SSSR count). The molecule has 2 aromatic carbocycles. The molecular formula is C19H18N2O2. The Balaban J connectivity index is 1.94. The van der Waals surface area contributed by atoms with Crippen LogP contribution in [0, 0.1) is 0 Å². The fourth-order valence-corrected chi connectivity index (χ4v) is 2.57. The van der Waals surface area contributed by atoms with Crippen molar-refractivity contribution in [3.63, 3.8) is 0 Å². The molecular weight excluding hydrogens is 288 g/mol. The standard InChI is InChI=1S/C19H18N2O2/c22-17-9-3-1-7-15(17)19(16-8-2-4-10-18(16)23)21-13-14-6-5-11-20-12-14/h1-12,19,21-23H,13H2. The second-order valence-corrected chi connectivity index (χ2v) is 5.29. The molecule has 0 aliphatic carbocycles. The number of benzene rings is 2. The van der Waals surface area contributed by atoms with Gasteiger partial charge in [-0.05, 0) is 23.8 Å². The highest BCUT2D eigenvalue weighted by Crippen LogP contribution is 2.33. The van der Waals surface area contributed by atoms with Crippen molar-refractivity contribution < 1.29 is 10.2 Å². The molecule has 0 unspecified atom stereocenters. The van der Waals surface area contributed by atoms with Crippen molar-refractivity contribution in [1.29, 1.82) is 0 Å². The van der Waals surface area contributed by atoms with E-state index in [9.17, 15) is 10.2 Å². The number of aromatic hydroxyl groups is 2. The number of aromatic nitrogens is 1. The number of rotatable bonds is 5. The summed E-state index contributed by atoms with van der Waals surface area (Å²) in [7, 11) is 0. The van der Waals surface area contributed by atoms with Gasteiger partial charge < -0.3 is 15.5 Å². The van der Waals surface area contributed by atoms with Gasteiger partial charge in [-0.25, -0.2) is 0 Å². The monoisotopic (exact) mass is 306 g/mol. The third-order valence-corrected chi connectivity index (χ3v) is 3.73. The summed E-state index contributed by atoms with van der Waals surface area (Å²) in [4.78, 5) is 4.10. The maximum atomic E-state index is 10.2. The first-order valence-electron chi connectivity index (χ1n) is 7.44. The first-order valence-corrected chi connectivity index (χ1v) is 7.44. The minimum absolute atomic E-state index is 0.194. The van der Waals surface area contributed by atoms with Gasteiger partial charge in [-0.15, -0.1) is 0 Å². The van der Waals surface area contributed by atoms with Crippen molar-refractivity contribution >= 4 is 0 Å². The zero-order valence-electron chi connectivity index (χ0n) is 12.6. The molecule has 0 fully saturated rings. The van der Waals surface area contributed by atoms with E-state index in [0.717, 1.165) is 16.7 Å². The number of phenols is 2. The van der Waals surface area contributed by atoms with Gasteiger partial charge in [0.1, 0.15) is 11.5 Å². The van der Waals surface area contributed by atoms with E-state index in [1.807, 2.05) is 36.4 Å². The van der Waals surface area contributed by atoms with Crippen LogP contribution >= 0.6 is 0 Å². The SMILES string of the molecule is Oc1ccccc1C(NCc1cccnc1)c1ccccc1O. The second-order valence-electron chi connectivity index (χ2n) is 5.29. The molecule has 0 bridgehead atoms. The summed E-state index contributed by atoms with van der Waals surface area (Å²) >= 11 is 0. The van der Waals surface area contributed by atoms with Crippen molar-refractivity contribution in [3.8, 4) is 11.5 Å². The summed E-state index contributed by atoms with van der Waals surface area (Å²) in [6.45, 7) is 0.571. The largest absolute Gasteiger partial charge is 0.508 e. The molecule has 1 aromatic heterocycles. The first-order chi connectivity index (χ1) is 11.3. The van der Waals surface area contributed by atoms with E-state index in [4.69, 9.17) is 0 Å². The van der Waals surface area contributed by atoms with Crippen LogP contribution < -0.4 is 5.32 Å². The molecule has 3 aromatic rings. The van der Waals surface area contributed by atoms with Gasteiger partial charge in [-0.2, -0.15) is 0 Å². The van der Waals surface area contributed by atoms with Gasteiger partial charge in [0, 0.05) is 30.1 Å². The molecule has 1 heterocycles. The maximum Gasteiger partial charge on any atom is 0.120 e. The van der Waals surface area contributed by atoms with Crippen LogP contribution in [0.3, 0.4) is 0 Å². The Morgan fingerprint density at radius 3 is 1.96 bits per heavy atom. The van der Waals surface area contributed by atoms with Crippen LogP contribution in [-0.2, 0) is 6.54 Å². The highest BCUT2D eigenvalue weighted by Gasteiger charge is 2.19. The van der Waals surface area contributed by atoms with Crippen molar-refractivity contribution in [3.05, 3.63) is 89.7 Å². The zero-order chi connectivity index (χ0) is 16.1. The molecule has 0 amide bonds. The molecule has 0 aliphatic heterocycles. The summed E-state index contributed by atoms with van der Waals surface area (Å²) in [6, 6.07) is 17.8. The molecule has 0 atom stereocenters. The Labute approximate surface area is 135 Å². The molecule has 0 aliphatic rings. The number of nitrogens with one attached hydrogen (secondary N) is 1. The molecule has 116 valence electrons. The van der Waals surface area contributed by atoms with E-state index < -0.39 is 0 Å². The Bertz CT molecular complexity index is 730. The third kappa shape index (κ3) is 3.49. The number of nitrogens with zero attached hydrogens (tertiary/aromatic N) is 1. The van der Waals surface area contributed by atoms with Crippen molar-refractivity contribution in [1.82, 2.24) is 10.3 Å². The van der Waals surface area contributed by atoms with Crippen LogP contribution in [0.4, 0.5) is 0 Å². The van der Waals surface area contributed by atoms with Gasteiger partial charge in [0.25, 0.3) is 0 Å². The average Bonchev–Trinajstić information content (AvgIpc) is 2.59. The van der Waals surface area contributed by atoms with Crippen LogP contribution in [0.2, 0.25) is 0 Å². The lowest BCUT2D eigenvalue weighted by Gasteiger charge is -2.21. The van der Waals surface area contributed by atoms with Crippen LogP contribution in [0.15, 0.2) is 73.1 Å². The fraction of sp³-hybridized carbons (Fsp3) is 0.105. The minimum Gasteiger partial charge on any atom is -0.508 e. The van der Waals surface area contributed by atoms with Crippen LogP contribution in [0.1, 0.15) is 22.7 Å². The minimum atomic E-state index is -0.322. The Kier molecular flexibility index (Phi) is 4.54. The lowest BCUT2D eigenvalue weighted by atomic mass is 9.96. The van der Waals surface area contributed by atoms with Gasteiger partial charge in [0.05, 0.1) is 6.04 Å². The Hall–Kier alpha value is -2.85. The molecule has 0 saturated carbocycles. The molecule has 3 N–H and O–H groups in total. The Morgan fingerprint density at radius 1 is 0.826 bits per heavy atom. The van der Waals surface area contributed by atoms with Gasteiger partial charge in [0.2, 0.25) is 0 Å². The number of phenolic OH excluding ortho intramolecular Hbond substituents is 2. The highest BCUT2D eigenvalue weighted by atomic mass is 16.3. The molecule has 0 saturated heterocycles. The normalized spacial score (nSPS) is 10.8. The summed E-state index contributed by atoms with van der Waals surface area (Å²) in [6.07, 6.45) is 3.52. The molecule has 0 spiro atoms. The second kappa shape index (κ2) is 6.94. The van der Waals surface area contributed by atoms with E-state index in [1.54, 1.807) is 36.7 Å². The van der Waals surface area contributed by atoms with Gasteiger partial charge in [0.15, 0.2) is 0 Å². The molecule has 0 radical (unpaired) electrons. The molecule has 4 heteroatoms. The van der Waals surface area contributed by atoms with Crippen molar-refractivity contribution in [2.45, 2.75) is 12.6 Å². The van der Waals surface area contributed by atoms with Crippen LogP contribution in [0.25, 0.3) is 0 Å². The first kappa shape index (κ1) is 15.1. The average molecular weight is 306 g/mol. The molecule has 23 heavy (non-hydrogen) atoms. The van der Waals surface area contributed by atoms with Crippen LogP contribution in [-0.4, -0.2) is 15.2 Å². The van der Waals surface area contributed by atoms with E-state index in [2.05, 4.69) is 10.3 Å². The van der Waals surface area contributed by atoms with Crippen molar-refractivity contribution in [2.24, 2.45) is 0 Å². The van der Waals surface area contributed by atoms with E-state index in [-0.39, 0.29) is 17.5 Å². The number of hydrogen-bond acceptors (Lipinski definition) is 4.